The Bertz CT molecular complexity index is 1460. The molecule has 342 valence electrons. The maximum absolute atomic E-state index is 15.2. The van der Waals surface area contributed by atoms with Gasteiger partial charge in [-0.1, -0.05) is 119 Å². The van der Waals surface area contributed by atoms with Crippen LogP contribution in [0.15, 0.2) is 24.3 Å². The van der Waals surface area contributed by atoms with E-state index in [1.807, 2.05) is 24.3 Å². The lowest BCUT2D eigenvalue weighted by molar-refractivity contribution is 0.102. The van der Waals surface area contributed by atoms with Gasteiger partial charge in [-0.15, -0.1) is 0 Å². The van der Waals surface area contributed by atoms with Crippen molar-refractivity contribution in [3.8, 4) is 40.2 Å². The predicted octanol–water partition coefficient (Wildman–Crippen LogP) is 15.3. The third-order valence-electron chi connectivity index (χ3n) is 10.8. The first-order valence-corrected chi connectivity index (χ1v) is 24.0. The molecule has 2 aromatic carbocycles. The van der Waals surface area contributed by atoms with Crippen LogP contribution in [0.25, 0.3) is 6.08 Å². The van der Waals surface area contributed by atoms with Crippen LogP contribution in [0.2, 0.25) is 0 Å². The molecule has 2 rings (SSSR count). The number of allylic oxidation sites excluding steroid dienone is 1. The molecule has 0 heterocycles. The van der Waals surface area contributed by atoms with Gasteiger partial charge in [0.05, 0.1) is 43.7 Å². The first-order valence-electron chi connectivity index (χ1n) is 24.0. The van der Waals surface area contributed by atoms with Crippen molar-refractivity contribution < 1.29 is 38.0 Å². The van der Waals surface area contributed by atoms with Crippen molar-refractivity contribution in [3.63, 3.8) is 0 Å². The summed E-state index contributed by atoms with van der Waals surface area (Å²) < 4.78 is 46.2. The Morgan fingerprint density at radius 1 is 0.467 bits per heavy atom. The second-order valence-electron chi connectivity index (χ2n) is 17.1. The molecule has 0 N–H and O–H groups in total. The minimum absolute atomic E-state index is 0.00719. The molecule has 60 heavy (non-hydrogen) atoms. The second kappa shape index (κ2) is 29.7. The van der Waals surface area contributed by atoms with Crippen LogP contribution in [-0.4, -0.2) is 49.5 Å². The van der Waals surface area contributed by atoms with Gasteiger partial charge in [-0.3, -0.25) is 4.79 Å². The molecule has 0 aliphatic carbocycles. The summed E-state index contributed by atoms with van der Waals surface area (Å²) in [6.07, 6.45) is 20.5. The normalized spacial score (nSPS) is 14.6. The monoisotopic (exact) mass is 839 g/mol. The average Bonchev–Trinajstić information content (AvgIpc) is 3.22. The van der Waals surface area contributed by atoms with E-state index in [1.54, 1.807) is 13.2 Å². The number of methoxy groups -OCH3 is 1. The van der Waals surface area contributed by atoms with Gasteiger partial charge < -0.3 is 33.2 Å². The minimum atomic E-state index is -0.283. The van der Waals surface area contributed by atoms with Gasteiger partial charge in [0.1, 0.15) is 11.3 Å². The molecule has 0 aliphatic rings. The lowest BCUT2D eigenvalue weighted by atomic mass is 10.0. The Kier molecular flexibility index (Phi) is 26.0. The molecule has 2 aromatic rings. The zero-order chi connectivity index (χ0) is 44.5. The molecule has 8 heteroatoms. The van der Waals surface area contributed by atoms with Crippen molar-refractivity contribution in [1.29, 1.82) is 0 Å². The summed E-state index contributed by atoms with van der Waals surface area (Å²) in [5.74, 6) is 3.29. The summed E-state index contributed by atoms with van der Waals surface area (Å²) in [5, 5.41) is 0. The number of unbranched alkanes of at least 4 members (excludes halogenated alkanes) is 6. The van der Waals surface area contributed by atoms with Gasteiger partial charge in [-0.2, -0.15) is 0 Å². The zero-order valence-corrected chi connectivity index (χ0v) is 40.3. The molecule has 6 atom stereocenters. The topological polar surface area (TPSA) is 81.7 Å². The van der Waals surface area contributed by atoms with E-state index in [0.29, 0.717) is 51.4 Å². The maximum Gasteiger partial charge on any atom is 0.193 e. The van der Waals surface area contributed by atoms with Gasteiger partial charge in [0.2, 0.25) is 0 Å². The number of hydrogen-bond donors (Lipinski definition) is 0. The van der Waals surface area contributed by atoms with E-state index in [2.05, 4.69) is 83.1 Å². The Balaban J connectivity index is 3.00. The van der Waals surface area contributed by atoms with Crippen molar-refractivity contribution in [2.75, 3.05) is 7.11 Å². The highest BCUT2D eigenvalue weighted by molar-refractivity contribution is 6.12. The Morgan fingerprint density at radius 3 is 1.18 bits per heavy atom. The maximum atomic E-state index is 15.2. The Hall–Kier alpha value is -3.55. The molecule has 0 aliphatic heterocycles. The molecule has 0 saturated carbocycles. The average molecular weight is 839 g/mol. The van der Waals surface area contributed by atoms with E-state index < -0.39 is 0 Å². The van der Waals surface area contributed by atoms with Crippen LogP contribution in [0.4, 0.5) is 0 Å². The molecule has 0 amide bonds. The van der Waals surface area contributed by atoms with Crippen molar-refractivity contribution >= 4 is 11.9 Å². The van der Waals surface area contributed by atoms with Gasteiger partial charge >= 0.3 is 0 Å². The van der Waals surface area contributed by atoms with E-state index >= 15 is 4.79 Å². The van der Waals surface area contributed by atoms with Crippen LogP contribution in [0.3, 0.4) is 0 Å². The number of carbonyl (C=O) groups excluding carboxylic acids is 1. The summed E-state index contributed by atoms with van der Waals surface area (Å²) in [4.78, 5) is 15.2. The highest BCUT2D eigenvalue weighted by atomic mass is 16.5. The lowest BCUT2D eigenvalue weighted by Crippen LogP contribution is -2.21. The molecule has 6 unspecified atom stereocenters. The summed E-state index contributed by atoms with van der Waals surface area (Å²) in [5.41, 5.74) is 0.994. The highest BCUT2D eigenvalue weighted by Gasteiger charge is 2.31. The first-order chi connectivity index (χ1) is 28.8. The van der Waals surface area contributed by atoms with Gasteiger partial charge in [-0.05, 0) is 98.3 Å². The van der Waals surface area contributed by atoms with Gasteiger partial charge in [0, 0.05) is 17.7 Å². The van der Waals surface area contributed by atoms with Gasteiger partial charge in [0.15, 0.2) is 40.3 Å². The largest absolute Gasteiger partial charge is 0.493 e. The molecule has 0 bridgehead atoms. The van der Waals surface area contributed by atoms with E-state index in [-0.39, 0.29) is 42.4 Å². The molecule has 0 radical (unpaired) electrons. The van der Waals surface area contributed by atoms with E-state index in [4.69, 9.17) is 33.2 Å². The predicted molar refractivity (Wildman–Crippen MR) is 250 cm³/mol. The highest BCUT2D eigenvalue weighted by Crippen LogP contribution is 2.48. The van der Waals surface area contributed by atoms with E-state index in [0.717, 1.165) is 116 Å². The van der Waals surface area contributed by atoms with Crippen LogP contribution in [-0.2, 0) is 0 Å². The minimum Gasteiger partial charge on any atom is -0.493 e. The van der Waals surface area contributed by atoms with Crippen LogP contribution < -0.4 is 33.2 Å². The third-order valence-corrected chi connectivity index (χ3v) is 10.8. The number of benzene rings is 2. The Morgan fingerprint density at radius 2 is 0.817 bits per heavy atom. The smallest absolute Gasteiger partial charge is 0.193 e. The molecule has 0 saturated heterocycles. The quantitative estimate of drug-likeness (QED) is 0.0509. The van der Waals surface area contributed by atoms with Crippen molar-refractivity contribution in [2.24, 2.45) is 0 Å². The fraction of sp³-hybridized carbons (Fsp3) is 0.712. The lowest BCUT2D eigenvalue weighted by Gasteiger charge is -2.27. The number of rotatable bonds is 34. The van der Waals surface area contributed by atoms with Crippen molar-refractivity contribution in [1.82, 2.24) is 0 Å². The number of carbonyl (C=O) groups is 1. The standard InChI is InChI=1S/C52H86O8/c1-14-20-26-37(7)55-44-34-43(50(46(35-44)54-13)58-40(10)29-23-17-4)32-33-45(53)49-51(59-41(11)30-24-18-5)47(56-38(8)27-21-15-2)36-48(57-39(9)28-22-16-3)52(49)60-42(12)31-25-19-6/h32-42H,14-31H2,1-13H3. The fourth-order valence-corrected chi connectivity index (χ4v) is 7.12. The summed E-state index contributed by atoms with van der Waals surface area (Å²) >= 11 is 0. The van der Waals surface area contributed by atoms with E-state index in [1.165, 1.54) is 0 Å². The summed E-state index contributed by atoms with van der Waals surface area (Å²) in [6, 6.07) is 5.74. The molecule has 0 spiro atoms. The Labute approximate surface area is 366 Å². The van der Waals surface area contributed by atoms with Crippen molar-refractivity contribution in [3.05, 3.63) is 35.4 Å². The molecular formula is C52H86O8. The SMILES string of the molecule is CCCCC(C)Oc1cc(C=CC(=O)c2c(OC(C)CCCC)c(OC(C)CCCC)cc(OC(C)CCCC)c2OC(C)CCCC)c(OC(C)CCCC)c(OC)c1. The van der Waals surface area contributed by atoms with Crippen molar-refractivity contribution in [2.45, 2.75) is 235 Å². The number of ether oxygens (including phenoxy) is 7. The number of hydrogen-bond acceptors (Lipinski definition) is 8. The van der Waals surface area contributed by atoms with Crippen LogP contribution in [0.5, 0.6) is 40.2 Å². The zero-order valence-electron chi connectivity index (χ0n) is 40.3. The van der Waals surface area contributed by atoms with Crippen LogP contribution in [0.1, 0.15) is 215 Å². The molecule has 0 fully saturated rings. The second-order valence-corrected chi connectivity index (χ2v) is 17.1. The van der Waals surface area contributed by atoms with Crippen LogP contribution >= 0.6 is 0 Å². The molecule has 0 aromatic heterocycles. The number of ketones is 1. The van der Waals surface area contributed by atoms with Gasteiger partial charge in [-0.25, -0.2) is 0 Å². The summed E-state index contributed by atoms with van der Waals surface area (Å²) in [7, 11) is 1.64. The first kappa shape index (κ1) is 52.6. The van der Waals surface area contributed by atoms with Crippen LogP contribution in [0, 0.1) is 0 Å². The van der Waals surface area contributed by atoms with E-state index in [9.17, 15) is 0 Å². The fourth-order valence-electron chi connectivity index (χ4n) is 7.12. The molecule has 8 nitrogen and oxygen atoms in total. The third kappa shape index (κ3) is 18.6. The summed E-state index contributed by atoms with van der Waals surface area (Å²) in [6.45, 7) is 25.5. The molecular weight excluding hydrogens is 753 g/mol. The van der Waals surface area contributed by atoms with Gasteiger partial charge in [0.25, 0.3) is 0 Å².